The van der Waals surface area contributed by atoms with Crippen LogP contribution in [-0.2, 0) is 0 Å². The third-order valence-corrected chi connectivity index (χ3v) is 4.72. The van der Waals surface area contributed by atoms with Crippen LogP contribution >= 0.6 is 11.6 Å². The molecular weight excluding hydrogens is 348 g/mol. The Morgan fingerprint density at radius 1 is 0.962 bits per heavy atom. The fraction of sp³-hybridized carbons (Fsp3) is 0.0952. The molecule has 1 aliphatic rings. The van der Waals surface area contributed by atoms with Crippen molar-refractivity contribution in [1.29, 1.82) is 0 Å². The van der Waals surface area contributed by atoms with Crippen molar-refractivity contribution in [2.24, 2.45) is 0 Å². The minimum atomic E-state index is -0.330. The third kappa shape index (κ3) is 2.89. The predicted molar refractivity (Wildman–Crippen MR) is 104 cm³/mol. The minimum Gasteiger partial charge on any atom is -0.497 e. The van der Waals surface area contributed by atoms with Gasteiger partial charge in [-0.1, -0.05) is 35.9 Å². The lowest BCUT2D eigenvalue weighted by Crippen LogP contribution is -2.43. The molecule has 5 heteroatoms. The molecule has 0 fully saturated rings. The van der Waals surface area contributed by atoms with Gasteiger partial charge in [0.05, 0.1) is 12.7 Å². The summed E-state index contributed by atoms with van der Waals surface area (Å²) in [7, 11) is 1.62. The summed E-state index contributed by atoms with van der Waals surface area (Å²) in [5, 5.41) is 4.13. The number of amides is 1. The molecule has 1 N–H and O–H groups in total. The van der Waals surface area contributed by atoms with E-state index in [1.54, 1.807) is 12.0 Å². The first-order chi connectivity index (χ1) is 12.7. The number of ether oxygens (including phenoxy) is 1. The van der Waals surface area contributed by atoms with Crippen LogP contribution in [-0.4, -0.2) is 13.0 Å². The number of anilines is 2. The predicted octanol–water partition coefficient (Wildman–Crippen LogP) is 5.12. The number of benzene rings is 3. The average molecular weight is 365 g/mol. The SMILES string of the molecule is COc1ccc(N2C(=O)c3ccccc3NC2c2ccc(Cl)cc2)cc1. The van der Waals surface area contributed by atoms with Crippen molar-refractivity contribution in [2.75, 3.05) is 17.3 Å². The van der Waals surface area contributed by atoms with Crippen LogP contribution in [0, 0.1) is 0 Å². The lowest BCUT2D eigenvalue weighted by Gasteiger charge is -2.38. The van der Waals surface area contributed by atoms with Crippen LogP contribution in [0.15, 0.2) is 72.8 Å². The first-order valence-electron chi connectivity index (χ1n) is 8.26. The van der Waals surface area contributed by atoms with Gasteiger partial charge in [0.15, 0.2) is 0 Å². The highest BCUT2D eigenvalue weighted by atomic mass is 35.5. The molecule has 1 amide bonds. The van der Waals surface area contributed by atoms with Gasteiger partial charge in [0.2, 0.25) is 0 Å². The molecule has 26 heavy (non-hydrogen) atoms. The van der Waals surface area contributed by atoms with Crippen LogP contribution in [0.4, 0.5) is 11.4 Å². The number of hydrogen-bond acceptors (Lipinski definition) is 3. The number of carbonyl (C=O) groups excluding carboxylic acids is 1. The quantitative estimate of drug-likeness (QED) is 0.701. The fourth-order valence-electron chi connectivity index (χ4n) is 3.14. The van der Waals surface area contributed by atoms with Crippen LogP contribution in [0.5, 0.6) is 5.75 Å². The zero-order chi connectivity index (χ0) is 18.1. The third-order valence-electron chi connectivity index (χ3n) is 4.46. The zero-order valence-electron chi connectivity index (χ0n) is 14.1. The Morgan fingerprint density at radius 3 is 2.35 bits per heavy atom. The molecule has 1 unspecified atom stereocenters. The number of nitrogens with one attached hydrogen (secondary N) is 1. The maximum Gasteiger partial charge on any atom is 0.262 e. The highest BCUT2D eigenvalue weighted by Gasteiger charge is 2.33. The number of methoxy groups -OCH3 is 1. The van der Waals surface area contributed by atoms with Crippen LogP contribution in [0.25, 0.3) is 0 Å². The Balaban J connectivity index is 1.82. The molecule has 1 atom stereocenters. The Kier molecular flexibility index (Phi) is 4.27. The number of halogens is 1. The molecule has 0 bridgehead atoms. The molecule has 0 radical (unpaired) electrons. The molecule has 0 aliphatic carbocycles. The number of hydrogen-bond donors (Lipinski definition) is 1. The lowest BCUT2D eigenvalue weighted by atomic mass is 10.0. The maximum atomic E-state index is 13.3. The first-order valence-corrected chi connectivity index (χ1v) is 8.64. The second kappa shape index (κ2) is 6.73. The maximum absolute atomic E-state index is 13.3. The molecule has 0 spiro atoms. The Bertz CT molecular complexity index is 939. The van der Waals surface area contributed by atoms with Gasteiger partial charge in [0, 0.05) is 16.4 Å². The van der Waals surface area contributed by atoms with E-state index in [1.807, 2.05) is 72.8 Å². The Hall–Kier alpha value is -2.98. The van der Waals surface area contributed by atoms with Gasteiger partial charge in [-0.25, -0.2) is 0 Å². The van der Waals surface area contributed by atoms with Crippen LogP contribution in [0.1, 0.15) is 22.1 Å². The Labute approximate surface area is 157 Å². The van der Waals surface area contributed by atoms with Gasteiger partial charge < -0.3 is 10.1 Å². The molecule has 4 nitrogen and oxygen atoms in total. The topological polar surface area (TPSA) is 41.6 Å². The molecule has 0 aromatic heterocycles. The standard InChI is InChI=1S/C21H17ClN2O2/c1-26-17-12-10-16(11-13-17)24-20(14-6-8-15(22)9-7-14)23-19-5-3-2-4-18(19)21(24)25/h2-13,20,23H,1H3. The Morgan fingerprint density at radius 2 is 1.65 bits per heavy atom. The van der Waals surface area contributed by atoms with Crippen molar-refractivity contribution in [1.82, 2.24) is 0 Å². The summed E-state index contributed by atoms with van der Waals surface area (Å²) in [6.45, 7) is 0. The second-order valence-electron chi connectivity index (χ2n) is 6.02. The van der Waals surface area contributed by atoms with Crippen molar-refractivity contribution in [3.05, 3.63) is 88.9 Å². The van der Waals surface area contributed by atoms with Gasteiger partial charge in [-0.05, 0) is 54.1 Å². The molecule has 1 aliphatic heterocycles. The van der Waals surface area contributed by atoms with Crippen molar-refractivity contribution >= 4 is 28.9 Å². The van der Waals surface area contributed by atoms with Gasteiger partial charge >= 0.3 is 0 Å². The number of fused-ring (bicyclic) bond motifs is 1. The van der Waals surface area contributed by atoms with E-state index in [4.69, 9.17) is 16.3 Å². The van der Waals surface area contributed by atoms with Crippen molar-refractivity contribution < 1.29 is 9.53 Å². The van der Waals surface area contributed by atoms with E-state index in [0.717, 1.165) is 22.7 Å². The average Bonchev–Trinajstić information content (AvgIpc) is 2.69. The zero-order valence-corrected chi connectivity index (χ0v) is 14.9. The minimum absolute atomic E-state index is 0.0514. The number of rotatable bonds is 3. The van der Waals surface area contributed by atoms with Crippen LogP contribution in [0.2, 0.25) is 5.02 Å². The molecule has 0 saturated carbocycles. The van der Waals surface area contributed by atoms with Gasteiger partial charge in [0.1, 0.15) is 11.9 Å². The molecule has 3 aromatic carbocycles. The second-order valence-corrected chi connectivity index (χ2v) is 6.45. The van der Waals surface area contributed by atoms with E-state index < -0.39 is 0 Å². The molecular formula is C21H17ClN2O2. The van der Waals surface area contributed by atoms with E-state index in [1.165, 1.54) is 0 Å². The normalized spacial score (nSPS) is 16.0. The van der Waals surface area contributed by atoms with E-state index >= 15 is 0 Å². The summed E-state index contributed by atoms with van der Waals surface area (Å²) in [6.07, 6.45) is -0.330. The molecule has 3 aromatic rings. The van der Waals surface area contributed by atoms with E-state index in [-0.39, 0.29) is 12.1 Å². The number of carbonyl (C=O) groups is 1. The highest BCUT2D eigenvalue weighted by Crippen LogP contribution is 2.37. The van der Waals surface area contributed by atoms with E-state index in [9.17, 15) is 4.79 Å². The van der Waals surface area contributed by atoms with E-state index in [0.29, 0.717) is 10.6 Å². The van der Waals surface area contributed by atoms with Crippen LogP contribution in [0.3, 0.4) is 0 Å². The summed E-state index contributed by atoms with van der Waals surface area (Å²) in [5.41, 5.74) is 3.21. The summed E-state index contributed by atoms with van der Waals surface area (Å²) in [4.78, 5) is 15.0. The summed E-state index contributed by atoms with van der Waals surface area (Å²) < 4.78 is 5.23. The summed E-state index contributed by atoms with van der Waals surface area (Å²) in [5.74, 6) is 0.694. The monoisotopic (exact) mass is 364 g/mol. The number of nitrogens with zero attached hydrogens (tertiary/aromatic N) is 1. The highest BCUT2D eigenvalue weighted by molar-refractivity contribution is 6.30. The van der Waals surface area contributed by atoms with Crippen LogP contribution < -0.4 is 15.0 Å². The van der Waals surface area contributed by atoms with Crippen molar-refractivity contribution in [3.8, 4) is 5.75 Å². The number of para-hydroxylation sites is 1. The molecule has 1 heterocycles. The largest absolute Gasteiger partial charge is 0.497 e. The van der Waals surface area contributed by atoms with Gasteiger partial charge in [-0.15, -0.1) is 0 Å². The van der Waals surface area contributed by atoms with Gasteiger partial charge in [0.25, 0.3) is 5.91 Å². The van der Waals surface area contributed by atoms with Crippen molar-refractivity contribution in [2.45, 2.75) is 6.17 Å². The van der Waals surface area contributed by atoms with Gasteiger partial charge in [-0.3, -0.25) is 9.69 Å². The van der Waals surface area contributed by atoms with Gasteiger partial charge in [-0.2, -0.15) is 0 Å². The summed E-state index contributed by atoms with van der Waals surface area (Å²) >= 11 is 6.03. The first kappa shape index (κ1) is 16.5. The smallest absolute Gasteiger partial charge is 0.262 e. The van der Waals surface area contributed by atoms with E-state index in [2.05, 4.69) is 5.32 Å². The molecule has 0 saturated heterocycles. The molecule has 130 valence electrons. The van der Waals surface area contributed by atoms with Crippen molar-refractivity contribution in [3.63, 3.8) is 0 Å². The fourth-order valence-corrected chi connectivity index (χ4v) is 3.27. The molecule has 4 rings (SSSR count). The summed E-state index contributed by atoms with van der Waals surface area (Å²) in [6, 6.07) is 22.5. The lowest BCUT2D eigenvalue weighted by molar-refractivity contribution is 0.0975.